The number of likely N-dealkylation sites (N-methyl/N-ethyl adjacent to an activating group) is 1. The van der Waals surface area contributed by atoms with Gasteiger partial charge in [0.1, 0.15) is 12.5 Å². The standard InChI is InChI=1S/C8H16N2O3/c1-7(11)5-10(6-13-3)8(12)4-9-2/h9H,4-6H2,1-3H3. The van der Waals surface area contributed by atoms with E-state index in [1.165, 1.54) is 18.9 Å². The maximum Gasteiger partial charge on any atom is 0.238 e. The summed E-state index contributed by atoms with van der Waals surface area (Å²) < 4.78 is 4.80. The van der Waals surface area contributed by atoms with E-state index in [0.29, 0.717) is 0 Å². The molecule has 0 aliphatic carbocycles. The van der Waals surface area contributed by atoms with E-state index in [4.69, 9.17) is 4.74 Å². The largest absolute Gasteiger partial charge is 0.364 e. The van der Waals surface area contributed by atoms with Gasteiger partial charge >= 0.3 is 0 Å². The molecule has 0 bridgehead atoms. The van der Waals surface area contributed by atoms with Gasteiger partial charge < -0.3 is 15.0 Å². The molecule has 5 nitrogen and oxygen atoms in total. The summed E-state index contributed by atoms with van der Waals surface area (Å²) in [5.74, 6) is -0.193. The van der Waals surface area contributed by atoms with Crippen LogP contribution in [0.2, 0.25) is 0 Å². The minimum atomic E-state index is -0.139. The van der Waals surface area contributed by atoms with E-state index in [2.05, 4.69) is 5.32 Å². The molecule has 76 valence electrons. The fourth-order valence-corrected chi connectivity index (χ4v) is 0.893. The van der Waals surface area contributed by atoms with Gasteiger partial charge in [0, 0.05) is 7.11 Å². The topological polar surface area (TPSA) is 58.6 Å². The van der Waals surface area contributed by atoms with E-state index in [0.717, 1.165) is 0 Å². The van der Waals surface area contributed by atoms with Gasteiger partial charge in [0.15, 0.2) is 0 Å². The molecule has 1 amide bonds. The van der Waals surface area contributed by atoms with Gasteiger partial charge in [-0.15, -0.1) is 0 Å². The van der Waals surface area contributed by atoms with E-state index < -0.39 is 0 Å². The lowest BCUT2D eigenvalue weighted by Crippen LogP contribution is -2.40. The number of rotatable bonds is 6. The summed E-state index contributed by atoms with van der Waals surface area (Å²) in [4.78, 5) is 23.4. The Labute approximate surface area is 78.0 Å². The van der Waals surface area contributed by atoms with Crippen LogP contribution in [0.4, 0.5) is 0 Å². The Morgan fingerprint density at radius 3 is 2.46 bits per heavy atom. The summed E-state index contributed by atoms with van der Waals surface area (Å²) in [6, 6.07) is 0. The maximum absolute atomic E-state index is 11.3. The highest BCUT2D eigenvalue weighted by Gasteiger charge is 2.13. The summed E-state index contributed by atoms with van der Waals surface area (Å²) in [7, 11) is 3.16. The highest BCUT2D eigenvalue weighted by Crippen LogP contribution is 1.90. The van der Waals surface area contributed by atoms with E-state index in [1.54, 1.807) is 7.05 Å². The summed E-state index contributed by atoms with van der Waals surface area (Å²) in [5, 5.41) is 2.72. The molecule has 0 rings (SSSR count). The number of amides is 1. The van der Waals surface area contributed by atoms with Gasteiger partial charge in [0.05, 0.1) is 13.1 Å². The van der Waals surface area contributed by atoms with Crippen molar-refractivity contribution in [2.75, 3.05) is 34.0 Å². The van der Waals surface area contributed by atoms with Crippen molar-refractivity contribution in [3.05, 3.63) is 0 Å². The van der Waals surface area contributed by atoms with Gasteiger partial charge in [-0.3, -0.25) is 9.59 Å². The number of nitrogens with one attached hydrogen (secondary N) is 1. The number of Topliss-reactive ketones (excluding diaryl/α,β-unsaturated/α-hetero) is 1. The molecular weight excluding hydrogens is 172 g/mol. The van der Waals surface area contributed by atoms with Crippen LogP contribution in [-0.4, -0.2) is 50.6 Å². The molecule has 0 aliphatic heterocycles. The summed E-state index contributed by atoms with van der Waals surface area (Å²) in [5.41, 5.74) is 0. The number of hydrogen-bond acceptors (Lipinski definition) is 4. The highest BCUT2D eigenvalue weighted by molar-refractivity contribution is 5.85. The van der Waals surface area contributed by atoms with Gasteiger partial charge in [-0.2, -0.15) is 0 Å². The van der Waals surface area contributed by atoms with Crippen molar-refractivity contribution in [3.63, 3.8) is 0 Å². The van der Waals surface area contributed by atoms with Crippen LogP contribution >= 0.6 is 0 Å². The van der Waals surface area contributed by atoms with E-state index in [9.17, 15) is 9.59 Å². The summed E-state index contributed by atoms with van der Waals surface area (Å²) in [6.45, 7) is 1.92. The molecule has 0 spiro atoms. The maximum atomic E-state index is 11.3. The monoisotopic (exact) mass is 188 g/mol. The van der Waals surface area contributed by atoms with Crippen molar-refractivity contribution in [3.8, 4) is 0 Å². The van der Waals surface area contributed by atoms with Crippen molar-refractivity contribution in [2.24, 2.45) is 0 Å². The fraction of sp³-hybridized carbons (Fsp3) is 0.750. The molecule has 0 aromatic rings. The Kier molecular flexibility index (Phi) is 6.09. The zero-order valence-corrected chi connectivity index (χ0v) is 8.29. The lowest BCUT2D eigenvalue weighted by atomic mass is 10.4. The van der Waals surface area contributed by atoms with Crippen LogP contribution in [0, 0.1) is 0 Å². The Bertz CT molecular complexity index is 182. The van der Waals surface area contributed by atoms with Gasteiger partial charge in [0.25, 0.3) is 0 Å². The van der Waals surface area contributed by atoms with E-state index >= 15 is 0 Å². The SMILES string of the molecule is CNCC(=O)N(COC)CC(C)=O. The number of ketones is 1. The molecule has 0 atom stereocenters. The molecule has 0 fully saturated rings. The molecule has 5 heteroatoms. The van der Waals surface area contributed by atoms with Crippen LogP contribution in [0.3, 0.4) is 0 Å². The van der Waals surface area contributed by atoms with Crippen LogP contribution in [0.25, 0.3) is 0 Å². The van der Waals surface area contributed by atoms with Crippen LogP contribution < -0.4 is 5.32 Å². The molecule has 0 radical (unpaired) electrons. The number of carbonyl (C=O) groups excluding carboxylic acids is 2. The zero-order chi connectivity index (χ0) is 10.3. The minimum Gasteiger partial charge on any atom is -0.364 e. The molecule has 0 saturated heterocycles. The quantitative estimate of drug-likeness (QED) is 0.556. The van der Waals surface area contributed by atoms with Crippen LogP contribution in [0.15, 0.2) is 0 Å². The first-order chi connectivity index (χ1) is 6.11. The smallest absolute Gasteiger partial charge is 0.238 e. The number of methoxy groups -OCH3 is 1. The van der Waals surface area contributed by atoms with Crippen molar-refractivity contribution >= 4 is 11.7 Å². The minimum absolute atomic E-state index is 0.0542. The fourth-order valence-electron chi connectivity index (χ4n) is 0.893. The first-order valence-electron chi connectivity index (χ1n) is 4.02. The number of carbonyl (C=O) groups is 2. The van der Waals surface area contributed by atoms with Crippen molar-refractivity contribution in [1.82, 2.24) is 10.2 Å². The Balaban J connectivity index is 4.06. The van der Waals surface area contributed by atoms with Crippen LogP contribution in [0.1, 0.15) is 6.92 Å². The second-order valence-electron chi connectivity index (χ2n) is 2.74. The third-order valence-corrected chi connectivity index (χ3v) is 1.38. The predicted molar refractivity (Wildman–Crippen MR) is 48.2 cm³/mol. The lowest BCUT2D eigenvalue weighted by molar-refractivity contribution is -0.138. The van der Waals surface area contributed by atoms with Gasteiger partial charge in [0.2, 0.25) is 5.91 Å². The average Bonchev–Trinajstić information content (AvgIpc) is 2.03. The summed E-state index contributed by atoms with van der Waals surface area (Å²) in [6.07, 6.45) is 0. The highest BCUT2D eigenvalue weighted by atomic mass is 16.5. The van der Waals surface area contributed by atoms with E-state index in [1.807, 2.05) is 0 Å². The zero-order valence-electron chi connectivity index (χ0n) is 8.29. The first-order valence-corrected chi connectivity index (χ1v) is 4.02. The summed E-state index contributed by atoms with van der Waals surface area (Å²) >= 11 is 0. The Hall–Kier alpha value is -0.940. The number of ether oxygens (including phenoxy) is 1. The van der Waals surface area contributed by atoms with E-state index in [-0.39, 0.29) is 31.5 Å². The molecule has 0 heterocycles. The lowest BCUT2D eigenvalue weighted by Gasteiger charge is -2.19. The molecule has 0 aromatic heterocycles. The van der Waals surface area contributed by atoms with Crippen LogP contribution in [0.5, 0.6) is 0 Å². The molecular formula is C8H16N2O3. The molecule has 0 unspecified atom stereocenters. The third kappa shape index (κ3) is 5.32. The molecule has 0 aromatic carbocycles. The van der Waals surface area contributed by atoms with Crippen LogP contribution in [-0.2, 0) is 14.3 Å². The average molecular weight is 188 g/mol. The predicted octanol–water partition coefficient (Wildman–Crippen LogP) is -0.773. The third-order valence-electron chi connectivity index (χ3n) is 1.38. The Morgan fingerprint density at radius 2 is 2.08 bits per heavy atom. The van der Waals surface area contributed by atoms with Gasteiger partial charge in [-0.1, -0.05) is 0 Å². The van der Waals surface area contributed by atoms with Crippen molar-refractivity contribution < 1.29 is 14.3 Å². The molecule has 0 aliphatic rings. The molecule has 13 heavy (non-hydrogen) atoms. The van der Waals surface area contributed by atoms with Gasteiger partial charge in [-0.25, -0.2) is 0 Å². The number of hydrogen-bond donors (Lipinski definition) is 1. The van der Waals surface area contributed by atoms with Crippen molar-refractivity contribution in [1.29, 1.82) is 0 Å². The second-order valence-corrected chi connectivity index (χ2v) is 2.74. The van der Waals surface area contributed by atoms with Gasteiger partial charge in [-0.05, 0) is 14.0 Å². The molecule has 0 saturated carbocycles. The molecule has 1 N–H and O–H groups in total. The first kappa shape index (κ1) is 12.1. The Morgan fingerprint density at radius 1 is 1.46 bits per heavy atom. The second kappa shape index (κ2) is 6.56. The van der Waals surface area contributed by atoms with Crippen molar-refractivity contribution in [2.45, 2.75) is 6.92 Å². The number of nitrogens with zero attached hydrogens (tertiary/aromatic N) is 1. The normalized spacial score (nSPS) is 9.77.